The summed E-state index contributed by atoms with van der Waals surface area (Å²) in [4.78, 5) is 25.8. The molecule has 0 radical (unpaired) electrons. The van der Waals surface area contributed by atoms with Gasteiger partial charge in [0.15, 0.2) is 0 Å². The molecular formula is C26H32N2O4. The Morgan fingerprint density at radius 2 is 1.56 bits per heavy atom. The monoisotopic (exact) mass is 436 g/mol. The summed E-state index contributed by atoms with van der Waals surface area (Å²) in [5.74, 6) is 2.21. The van der Waals surface area contributed by atoms with Crippen molar-refractivity contribution in [1.82, 2.24) is 10.2 Å². The van der Waals surface area contributed by atoms with Crippen LogP contribution < -0.4 is 14.8 Å². The van der Waals surface area contributed by atoms with E-state index in [0.717, 1.165) is 48.7 Å². The summed E-state index contributed by atoms with van der Waals surface area (Å²) in [5.41, 5.74) is 2.14. The molecule has 6 nitrogen and oxygen atoms in total. The average molecular weight is 437 g/mol. The highest BCUT2D eigenvalue weighted by atomic mass is 16.6. The van der Waals surface area contributed by atoms with Crippen molar-refractivity contribution in [3.8, 4) is 22.6 Å². The van der Waals surface area contributed by atoms with E-state index in [1.54, 1.807) is 11.9 Å². The van der Waals surface area contributed by atoms with Crippen LogP contribution in [0.1, 0.15) is 45.4 Å². The zero-order chi connectivity index (χ0) is 22.5. The van der Waals surface area contributed by atoms with E-state index in [1.165, 1.54) is 12.8 Å². The molecule has 170 valence electrons. The Morgan fingerprint density at radius 1 is 0.938 bits per heavy atom. The molecule has 0 spiro atoms. The molecular weight excluding hydrogens is 404 g/mol. The first kappa shape index (κ1) is 22.2. The Morgan fingerprint density at radius 3 is 2.16 bits per heavy atom. The van der Waals surface area contributed by atoms with Crippen molar-refractivity contribution in [3.63, 3.8) is 0 Å². The van der Waals surface area contributed by atoms with E-state index >= 15 is 0 Å². The standard InChI is InChI=1S/C26H32N2O4/c1-3-25(29)27-21-10-11-22(16-21)28(2)26(30)32-24-14-8-20(9-15-24)19-6-12-23(13-7-19)31-17-18-4-5-18/h6-9,12-15,18,21-22H,3-5,10-11,16-17H2,1-2H3,(H,27,29)/t21-,22+/m0/s1. The minimum atomic E-state index is -0.373. The van der Waals surface area contributed by atoms with Gasteiger partial charge in [0.05, 0.1) is 6.61 Å². The van der Waals surface area contributed by atoms with Crippen molar-refractivity contribution < 1.29 is 19.1 Å². The first-order chi connectivity index (χ1) is 15.5. The summed E-state index contributed by atoms with van der Waals surface area (Å²) in [6.07, 6.45) is 5.17. The van der Waals surface area contributed by atoms with Crippen molar-refractivity contribution in [2.75, 3.05) is 13.7 Å². The fourth-order valence-corrected chi connectivity index (χ4v) is 4.05. The lowest BCUT2D eigenvalue weighted by Gasteiger charge is -2.24. The third-order valence-corrected chi connectivity index (χ3v) is 6.36. The van der Waals surface area contributed by atoms with Crippen LogP contribution in [0, 0.1) is 5.92 Å². The maximum Gasteiger partial charge on any atom is 0.415 e. The van der Waals surface area contributed by atoms with Gasteiger partial charge in [0.25, 0.3) is 0 Å². The van der Waals surface area contributed by atoms with Crippen molar-refractivity contribution in [2.24, 2.45) is 5.92 Å². The minimum Gasteiger partial charge on any atom is -0.493 e. The summed E-state index contributed by atoms with van der Waals surface area (Å²) in [6.45, 7) is 2.65. The van der Waals surface area contributed by atoms with E-state index in [1.807, 2.05) is 55.5 Å². The van der Waals surface area contributed by atoms with Crippen LogP contribution in [0.4, 0.5) is 4.79 Å². The maximum atomic E-state index is 12.6. The minimum absolute atomic E-state index is 0.0568. The predicted octanol–water partition coefficient (Wildman–Crippen LogP) is 5.02. The highest BCUT2D eigenvalue weighted by Gasteiger charge is 2.31. The molecule has 2 saturated carbocycles. The van der Waals surface area contributed by atoms with Gasteiger partial charge in [-0.05, 0) is 73.4 Å². The molecule has 0 aromatic heterocycles. The largest absolute Gasteiger partial charge is 0.493 e. The van der Waals surface area contributed by atoms with Gasteiger partial charge in [-0.15, -0.1) is 0 Å². The Labute approximate surface area is 189 Å². The van der Waals surface area contributed by atoms with E-state index in [-0.39, 0.29) is 24.1 Å². The maximum absolute atomic E-state index is 12.6. The number of nitrogens with one attached hydrogen (secondary N) is 1. The number of amides is 2. The smallest absolute Gasteiger partial charge is 0.415 e. The lowest BCUT2D eigenvalue weighted by atomic mass is 10.1. The highest BCUT2D eigenvalue weighted by Crippen LogP contribution is 2.30. The normalized spacial score (nSPS) is 19.9. The van der Waals surface area contributed by atoms with Crippen LogP contribution in [0.2, 0.25) is 0 Å². The number of benzene rings is 2. The van der Waals surface area contributed by atoms with E-state index in [0.29, 0.717) is 12.2 Å². The Balaban J connectivity index is 1.28. The fourth-order valence-electron chi connectivity index (χ4n) is 4.05. The van der Waals surface area contributed by atoms with Crippen molar-refractivity contribution in [1.29, 1.82) is 0 Å². The third-order valence-electron chi connectivity index (χ3n) is 6.36. The number of hydrogen-bond acceptors (Lipinski definition) is 4. The molecule has 0 aliphatic heterocycles. The van der Waals surface area contributed by atoms with Gasteiger partial charge in [0.1, 0.15) is 11.5 Å². The second-order valence-corrected chi connectivity index (χ2v) is 8.87. The number of carbonyl (C=O) groups excluding carboxylic acids is 2. The molecule has 2 fully saturated rings. The highest BCUT2D eigenvalue weighted by molar-refractivity contribution is 5.76. The van der Waals surface area contributed by atoms with Crippen LogP contribution in [-0.2, 0) is 4.79 Å². The summed E-state index contributed by atoms with van der Waals surface area (Å²) in [6, 6.07) is 15.8. The lowest BCUT2D eigenvalue weighted by Crippen LogP contribution is -2.39. The molecule has 2 amide bonds. The number of carbonyl (C=O) groups is 2. The lowest BCUT2D eigenvalue weighted by molar-refractivity contribution is -0.121. The van der Waals surface area contributed by atoms with Crippen molar-refractivity contribution in [2.45, 2.75) is 57.5 Å². The van der Waals surface area contributed by atoms with Crippen LogP contribution in [0.5, 0.6) is 11.5 Å². The topological polar surface area (TPSA) is 67.9 Å². The quantitative estimate of drug-likeness (QED) is 0.631. The van der Waals surface area contributed by atoms with E-state index in [9.17, 15) is 9.59 Å². The number of nitrogens with zero attached hydrogens (tertiary/aromatic N) is 1. The van der Waals surface area contributed by atoms with Gasteiger partial charge < -0.3 is 19.7 Å². The van der Waals surface area contributed by atoms with Crippen LogP contribution in [-0.4, -0.2) is 42.6 Å². The van der Waals surface area contributed by atoms with Gasteiger partial charge in [0.2, 0.25) is 5.91 Å². The SMILES string of the molecule is CCC(=O)N[C@H]1CC[C@@H](N(C)C(=O)Oc2ccc(-c3ccc(OCC4CC4)cc3)cc2)C1. The van der Waals surface area contributed by atoms with Crippen molar-refractivity contribution in [3.05, 3.63) is 48.5 Å². The van der Waals surface area contributed by atoms with Crippen molar-refractivity contribution >= 4 is 12.0 Å². The number of ether oxygens (including phenoxy) is 2. The summed E-state index contributed by atoms with van der Waals surface area (Å²) in [5, 5.41) is 3.02. The van der Waals surface area contributed by atoms with E-state index in [4.69, 9.17) is 9.47 Å². The molecule has 1 N–H and O–H groups in total. The summed E-state index contributed by atoms with van der Waals surface area (Å²) >= 11 is 0. The van der Waals surface area contributed by atoms with Gasteiger partial charge in [-0.1, -0.05) is 31.2 Å². The second kappa shape index (κ2) is 10.1. The van der Waals surface area contributed by atoms with Gasteiger partial charge in [-0.3, -0.25) is 4.79 Å². The molecule has 2 aliphatic rings. The Kier molecular flexibility index (Phi) is 6.98. The Hall–Kier alpha value is -3.02. The van der Waals surface area contributed by atoms with Gasteiger partial charge >= 0.3 is 6.09 Å². The second-order valence-electron chi connectivity index (χ2n) is 8.87. The molecule has 0 unspecified atom stereocenters. The first-order valence-electron chi connectivity index (χ1n) is 11.6. The average Bonchev–Trinajstić information content (AvgIpc) is 3.54. The summed E-state index contributed by atoms with van der Waals surface area (Å²) in [7, 11) is 1.76. The van der Waals surface area contributed by atoms with Gasteiger partial charge in [0, 0.05) is 25.6 Å². The molecule has 0 saturated heterocycles. The molecule has 4 rings (SSSR count). The molecule has 6 heteroatoms. The molecule has 2 aliphatic carbocycles. The molecule has 32 heavy (non-hydrogen) atoms. The fraction of sp³-hybridized carbons (Fsp3) is 0.462. The predicted molar refractivity (Wildman–Crippen MR) is 124 cm³/mol. The number of rotatable bonds is 8. The Bertz CT molecular complexity index is 922. The summed E-state index contributed by atoms with van der Waals surface area (Å²) < 4.78 is 11.4. The molecule has 0 heterocycles. The number of hydrogen-bond donors (Lipinski definition) is 1. The zero-order valence-electron chi connectivity index (χ0n) is 18.9. The van der Waals surface area contributed by atoms with Crippen LogP contribution in [0.3, 0.4) is 0 Å². The van der Waals surface area contributed by atoms with E-state index in [2.05, 4.69) is 5.32 Å². The molecule has 2 aromatic rings. The van der Waals surface area contributed by atoms with E-state index < -0.39 is 0 Å². The molecule has 2 aromatic carbocycles. The van der Waals surface area contributed by atoms with Crippen LogP contribution >= 0.6 is 0 Å². The van der Waals surface area contributed by atoms with Gasteiger partial charge in [-0.2, -0.15) is 0 Å². The van der Waals surface area contributed by atoms with Crippen LogP contribution in [0.15, 0.2) is 48.5 Å². The third kappa shape index (κ3) is 5.81. The van der Waals surface area contributed by atoms with Gasteiger partial charge in [-0.25, -0.2) is 4.79 Å². The zero-order valence-corrected chi connectivity index (χ0v) is 18.9. The first-order valence-corrected chi connectivity index (χ1v) is 11.6. The molecule has 2 atom stereocenters. The van der Waals surface area contributed by atoms with Crippen LogP contribution in [0.25, 0.3) is 11.1 Å². The molecule has 0 bridgehead atoms.